The average molecular weight is 250 g/mol. The van der Waals surface area contributed by atoms with E-state index in [9.17, 15) is 4.79 Å². The second-order valence-corrected chi connectivity index (χ2v) is 4.52. The number of aryl methyl sites for hydroxylation is 1. The largest absolute Gasteiger partial charge is 0.361 e. The van der Waals surface area contributed by atoms with Gasteiger partial charge in [0, 0.05) is 17.3 Å². The lowest BCUT2D eigenvalue weighted by atomic mass is 10.1. The topological polar surface area (TPSA) is 44.9 Å². The third kappa shape index (κ3) is 2.10. The summed E-state index contributed by atoms with van der Waals surface area (Å²) in [6.45, 7) is 1.98. The molecule has 0 unspecified atom stereocenters. The van der Waals surface area contributed by atoms with Crippen molar-refractivity contribution in [3.8, 4) is 0 Å². The van der Waals surface area contributed by atoms with Crippen LogP contribution >= 0.6 is 0 Å². The summed E-state index contributed by atoms with van der Waals surface area (Å²) in [6.07, 6.45) is 1.84. The van der Waals surface area contributed by atoms with E-state index in [4.69, 9.17) is 0 Å². The molecule has 3 rings (SSSR count). The Balaban J connectivity index is 1.97. The highest BCUT2D eigenvalue weighted by Crippen LogP contribution is 2.19. The number of rotatable bonds is 2. The second-order valence-electron chi connectivity index (χ2n) is 4.52. The molecule has 0 aliphatic heterocycles. The Kier molecular flexibility index (Phi) is 2.80. The number of anilines is 1. The number of aromatic amines is 1. The Labute approximate surface area is 111 Å². The predicted molar refractivity (Wildman–Crippen MR) is 77.4 cm³/mol. The fourth-order valence-corrected chi connectivity index (χ4v) is 2.18. The summed E-state index contributed by atoms with van der Waals surface area (Å²) in [5.74, 6) is -0.0950. The Bertz CT molecular complexity index is 743. The lowest BCUT2D eigenvalue weighted by Crippen LogP contribution is -2.13. The van der Waals surface area contributed by atoms with Crippen LogP contribution in [0.1, 0.15) is 15.9 Å². The number of H-pyrrole nitrogens is 1. The van der Waals surface area contributed by atoms with E-state index in [2.05, 4.69) is 10.3 Å². The number of para-hydroxylation sites is 2. The molecule has 0 aliphatic carbocycles. The summed E-state index contributed by atoms with van der Waals surface area (Å²) in [7, 11) is 0. The van der Waals surface area contributed by atoms with Gasteiger partial charge < -0.3 is 10.3 Å². The molecule has 3 nitrogen and oxygen atoms in total. The van der Waals surface area contributed by atoms with Gasteiger partial charge in [-0.05, 0) is 30.7 Å². The molecule has 0 spiro atoms. The minimum atomic E-state index is -0.0950. The number of aromatic nitrogens is 1. The van der Waals surface area contributed by atoms with E-state index < -0.39 is 0 Å². The number of carbonyl (C=O) groups is 1. The molecule has 1 heterocycles. The summed E-state index contributed by atoms with van der Waals surface area (Å²) in [4.78, 5) is 15.5. The van der Waals surface area contributed by atoms with Gasteiger partial charge in [-0.2, -0.15) is 0 Å². The van der Waals surface area contributed by atoms with Gasteiger partial charge in [0.1, 0.15) is 0 Å². The molecule has 0 atom stereocenters. The molecule has 2 aromatic carbocycles. The molecule has 19 heavy (non-hydrogen) atoms. The normalized spacial score (nSPS) is 10.6. The minimum absolute atomic E-state index is 0.0950. The molecular weight excluding hydrogens is 236 g/mol. The molecule has 0 bridgehead atoms. The van der Waals surface area contributed by atoms with Crippen molar-refractivity contribution in [2.45, 2.75) is 6.92 Å². The highest BCUT2D eigenvalue weighted by molar-refractivity contribution is 6.12. The Morgan fingerprint density at radius 1 is 1.05 bits per heavy atom. The van der Waals surface area contributed by atoms with Crippen molar-refractivity contribution >= 4 is 22.5 Å². The van der Waals surface area contributed by atoms with Crippen molar-refractivity contribution in [2.24, 2.45) is 0 Å². The molecule has 1 amide bonds. The van der Waals surface area contributed by atoms with Crippen LogP contribution in [0.4, 0.5) is 5.69 Å². The molecule has 0 saturated carbocycles. The average Bonchev–Trinajstić information content (AvgIpc) is 2.89. The first-order chi connectivity index (χ1) is 9.25. The monoisotopic (exact) mass is 250 g/mol. The van der Waals surface area contributed by atoms with Crippen molar-refractivity contribution < 1.29 is 4.79 Å². The van der Waals surface area contributed by atoms with Crippen LogP contribution in [0.3, 0.4) is 0 Å². The number of carbonyl (C=O) groups excluding carboxylic acids is 1. The molecule has 0 aliphatic rings. The zero-order valence-electron chi connectivity index (χ0n) is 10.6. The van der Waals surface area contributed by atoms with Crippen molar-refractivity contribution in [1.29, 1.82) is 0 Å². The molecular formula is C16H14N2O. The number of hydrogen-bond acceptors (Lipinski definition) is 1. The zero-order chi connectivity index (χ0) is 13.2. The quantitative estimate of drug-likeness (QED) is 0.715. The van der Waals surface area contributed by atoms with Gasteiger partial charge in [-0.25, -0.2) is 0 Å². The molecule has 3 heteroatoms. The third-order valence-electron chi connectivity index (χ3n) is 3.23. The van der Waals surface area contributed by atoms with Crippen LogP contribution in [-0.4, -0.2) is 10.9 Å². The van der Waals surface area contributed by atoms with Gasteiger partial charge in [0.2, 0.25) is 0 Å². The first kappa shape index (κ1) is 11.5. The summed E-state index contributed by atoms with van der Waals surface area (Å²) in [6, 6.07) is 15.4. The molecule has 0 fully saturated rings. The Hall–Kier alpha value is -2.55. The van der Waals surface area contributed by atoms with E-state index in [-0.39, 0.29) is 5.91 Å². The van der Waals surface area contributed by atoms with Gasteiger partial charge in [0.05, 0.1) is 11.1 Å². The van der Waals surface area contributed by atoms with E-state index >= 15 is 0 Å². The molecule has 0 radical (unpaired) electrons. The fraction of sp³-hybridized carbons (Fsp3) is 0.0625. The standard InChI is InChI=1S/C16H14N2O/c1-11-5-2-3-8-14(11)18-16(19)13-7-4-6-12-9-10-17-15(12)13/h2-10,17H,1H3,(H,18,19). The lowest BCUT2D eigenvalue weighted by molar-refractivity contribution is 0.102. The predicted octanol–water partition coefficient (Wildman–Crippen LogP) is 3.73. The number of fused-ring (bicyclic) bond motifs is 1. The van der Waals surface area contributed by atoms with Crippen LogP contribution in [0.2, 0.25) is 0 Å². The van der Waals surface area contributed by atoms with E-state index in [1.165, 1.54) is 0 Å². The van der Waals surface area contributed by atoms with Crippen LogP contribution in [0.15, 0.2) is 54.7 Å². The summed E-state index contributed by atoms with van der Waals surface area (Å²) in [5, 5.41) is 3.99. The third-order valence-corrected chi connectivity index (χ3v) is 3.23. The van der Waals surface area contributed by atoms with Gasteiger partial charge in [-0.15, -0.1) is 0 Å². The van der Waals surface area contributed by atoms with Crippen molar-refractivity contribution in [3.05, 3.63) is 65.9 Å². The van der Waals surface area contributed by atoms with Crippen molar-refractivity contribution in [2.75, 3.05) is 5.32 Å². The van der Waals surface area contributed by atoms with Crippen LogP contribution in [0.25, 0.3) is 10.9 Å². The molecule has 3 aromatic rings. The van der Waals surface area contributed by atoms with Crippen molar-refractivity contribution in [3.63, 3.8) is 0 Å². The number of benzene rings is 2. The molecule has 1 aromatic heterocycles. The Morgan fingerprint density at radius 2 is 1.89 bits per heavy atom. The van der Waals surface area contributed by atoms with E-state index in [1.807, 2.05) is 61.7 Å². The van der Waals surface area contributed by atoms with E-state index in [0.717, 1.165) is 22.2 Å². The van der Waals surface area contributed by atoms with E-state index in [1.54, 1.807) is 0 Å². The minimum Gasteiger partial charge on any atom is -0.361 e. The van der Waals surface area contributed by atoms with Gasteiger partial charge in [0.25, 0.3) is 5.91 Å². The second kappa shape index (κ2) is 4.61. The Morgan fingerprint density at radius 3 is 2.74 bits per heavy atom. The molecule has 0 saturated heterocycles. The van der Waals surface area contributed by atoms with Crippen LogP contribution in [-0.2, 0) is 0 Å². The zero-order valence-corrected chi connectivity index (χ0v) is 10.6. The van der Waals surface area contributed by atoms with Gasteiger partial charge in [-0.1, -0.05) is 30.3 Å². The summed E-state index contributed by atoms with van der Waals surface area (Å²) in [5.41, 5.74) is 3.42. The van der Waals surface area contributed by atoms with Crippen LogP contribution < -0.4 is 5.32 Å². The highest BCUT2D eigenvalue weighted by Gasteiger charge is 2.11. The lowest BCUT2D eigenvalue weighted by Gasteiger charge is -2.08. The maximum absolute atomic E-state index is 12.3. The van der Waals surface area contributed by atoms with E-state index in [0.29, 0.717) is 5.56 Å². The van der Waals surface area contributed by atoms with Gasteiger partial charge in [0.15, 0.2) is 0 Å². The molecule has 94 valence electrons. The SMILES string of the molecule is Cc1ccccc1NC(=O)c1cccc2cc[nH]c12. The smallest absolute Gasteiger partial charge is 0.257 e. The number of nitrogens with one attached hydrogen (secondary N) is 2. The highest BCUT2D eigenvalue weighted by atomic mass is 16.1. The summed E-state index contributed by atoms with van der Waals surface area (Å²) < 4.78 is 0. The van der Waals surface area contributed by atoms with Gasteiger partial charge in [-0.3, -0.25) is 4.79 Å². The maximum Gasteiger partial charge on any atom is 0.257 e. The first-order valence-electron chi connectivity index (χ1n) is 6.19. The number of amides is 1. The van der Waals surface area contributed by atoms with Crippen molar-refractivity contribution in [1.82, 2.24) is 4.98 Å². The summed E-state index contributed by atoms with van der Waals surface area (Å²) >= 11 is 0. The fourth-order valence-electron chi connectivity index (χ4n) is 2.18. The maximum atomic E-state index is 12.3. The first-order valence-corrected chi connectivity index (χ1v) is 6.19. The van der Waals surface area contributed by atoms with Gasteiger partial charge >= 0.3 is 0 Å². The van der Waals surface area contributed by atoms with Crippen LogP contribution in [0.5, 0.6) is 0 Å². The number of hydrogen-bond donors (Lipinski definition) is 2. The molecule has 2 N–H and O–H groups in total. The van der Waals surface area contributed by atoms with Crippen LogP contribution in [0, 0.1) is 6.92 Å².